The zero-order valence-corrected chi connectivity index (χ0v) is 9.68. The van der Waals surface area contributed by atoms with E-state index in [0.717, 1.165) is 16.4 Å². The van der Waals surface area contributed by atoms with Gasteiger partial charge in [-0.1, -0.05) is 0 Å². The zero-order valence-electron chi connectivity index (χ0n) is 8.87. The SMILES string of the molecule is Cc1ccc(CSc2cc(N)cc(F)c2)o1. The van der Waals surface area contributed by atoms with E-state index < -0.39 is 0 Å². The first-order valence-corrected chi connectivity index (χ1v) is 5.86. The molecule has 0 fully saturated rings. The van der Waals surface area contributed by atoms with Crippen LogP contribution in [-0.4, -0.2) is 0 Å². The minimum absolute atomic E-state index is 0.307. The third-order valence-corrected chi connectivity index (χ3v) is 3.07. The molecule has 1 aromatic carbocycles. The van der Waals surface area contributed by atoms with Crippen LogP contribution in [0.3, 0.4) is 0 Å². The van der Waals surface area contributed by atoms with Crippen LogP contribution in [0.1, 0.15) is 11.5 Å². The van der Waals surface area contributed by atoms with Crippen molar-refractivity contribution < 1.29 is 8.81 Å². The molecule has 0 saturated carbocycles. The molecule has 0 atom stereocenters. The van der Waals surface area contributed by atoms with Gasteiger partial charge in [-0.15, -0.1) is 11.8 Å². The highest BCUT2D eigenvalue weighted by atomic mass is 32.2. The lowest BCUT2D eigenvalue weighted by molar-refractivity contribution is 0.501. The van der Waals surface area contributed by atoms with Gasteiger partial charge in [0.15, 0.2) is 0 Å². The number of furan rings is 1. The van der Waals surface area contributed by atoms with Gasteiger partial charge in [0.25, 0.3) is 0 Å². The molecule has 2 aromatic rings. The summed E-state index contributed by atoms with van der Waals surface area (Å²) in [6, 6.07) is 8.36. The van der Waals surface area contributed by atoms with Crippen LogP contribution in [0.2, 0.25) is 0 Å². The van der Waals surface area contributed by atoms with Gasteiger partial charge in [-0.05, 0) is 37.3 Å². The molecular formula is C12H12FNOS. The summed E-state index contributed by atoms with van der Waals surface area (Å²) in [6.45, 7) is 1.90. The maximum Gasteiger partial charge on any atom is 0.126 e. The number of thioether (sulfide) groups is 1. The third kappa shape index (κ3) is 2.79. The van der Waals surface area contributed by atoms with Crippen molar-refractivity contribution >= 4 is 17.4 Å². The number of benzene rings is 1. The lowest BCUT2D eigenvalue weighted by Crippen LogP contribution is -1.87. The van der Waals surface area contributed by atoms with Gasteiger partial charge in [0.1, 0.15) is 17.3 Å². The summed E-state index contributed by atoms with van der Waals surface area (Å²) in [5, 5.41) is 0. The molecule has 2 rings (SSSR count). The molecule has 84 valence electrons. The van der Waals surface area contributed by atoms with Crippen LogP contribution in [0, 0.1) is 12.7 Å². The van der Waals surface area contributed by atoms with Crippen molar-refractivity contribution in [2.45, 2.75) is 17.6 Å². The van der Waals surface area contributed by atoms with E-state index in [9.17, 15) is 4.39 Å². The number of hydrogen-bond acceptors (Lipinski definition) is 3. The van der Waals surface area contributed by atoms with Gasteiger partial charge in [0, 0.05) is 10.6 Å². The maximum absolute atomic E-state index is 13.0. The fraction of sp³-hybridized carbons (Fsp3) is 0.167. The Bertz CT molecular complexity index is 475. The molecule has 0 spiro atoms. The molecule has 1 heterocycles. The molecule has 16 heavy (non-hydrogen) atoms. The predicted octanol–water partition coefficient (Wildman–Crippen LogP) is 3.60. The van der Waals surface area contributed by atoms with Crippen molar-refractivity contribution in [2.75, 3.05) is 5.73 Å². The van der Waals surface area contributed by atoms with Crippen LogP contribution < -0.4 is 5.73 Å². The number of rotatable bonds is 3. The third-order valence-electron chi connectivity index (χ3n) is 2.07. The quantitative estimate of drug-likeness (QED) is 0.654. The molecule has 0 bridgehead atoms. The maximum atomic E-state index is 13.0. The lowest BCUT2D eigenvalue weighted by Gasteiger charge is -2.01. The molecule has 0 unspecified atom stereocenters. The van der Waals surface area contributed by atoms with E-state index in [4.69, 9.17) is 10.2 Å². The Kier molecular flexibility index (Phi) is 3.19. The second-order valence-electron chi connectivity index (χ2n) is 3.52. The van der Waals surface area contributed by atoms with Gasteiger partial charge in [-0.3, -0.25) is 0 Å². The van der Waals surface area contributed by atoms with Gasteiger partial charge in [-0.2, -0.15) is 0 Å². The van der Waals surface area contributed by atoms with E-state index in [1.54, 1.807) is 6.07 Å². The summed E-state index contributed by atoms with van der Waals surface area (Å²) < 4.78 is 18.5. The van der Waals surface area contributed by atoms with Crippen molar-refractivity contribution in [3.05, 3.63) is 47.7 Å². The highest BCUT2D eigenvalue weighted by Crippen LogP contribution is 2.26. The Hall–Kier alpha value is -1.42. The van der Waals surface area contributed by atoms with Crippen molar-refractivity contribution in [2.24, 2.45) is 0 Å². The average molecular weight is 237 g/mol. The molecule has 0 amide bonds. The number of nitrogen functional groups attached to an aromatic ring is 1. The van der Waals surface area contributed by atoms with Crippen molar-refractivity contribution in [3.63, 3.8) is 0 Å². The zero-order chi connectivity index (χ0) is 11.5. The molecule has 0 aliphatic rings. The average Bonchev–Trinajstić information content (AvgIpc) is 2.60. The standard InChI is InChI=1S/C12H12FNOS/c1-8-2-3-11(15-8)7-16-12-5-9(13)4-10(14)6-12/h2-6H,7,14H2,1H3. The van der Waals surface area contributed by atoms with E-state index in [1.807, 2.05) is 19.1 Å². The lowest BCUT2D eigenvalue weighted by atomic mass is 10.3. The van der Waals surface area contributed by atoms with Crippen LogP contribution in [0.5, 0.6) is 0 Å². The van der Waals surface area contributed by atoms with Gasteiger partial charge < -0.3 is 10.2 Å². The first-order chi connectivity index (χ1) is 7.63. The van der Waals surface area contributed by atoms with Crippen LogP contribution in [0.15, 0.2) is 39.6 Å². The van der Waals surface area contributed by atoms with E-state index in [-0.39, 0.29) is 5.82 Å². The Morgan fingerprint density at radius 3 is 2.75 bits per heavy atom. The van der Waals surface area contributed by atoms with E-state index >= 15 is 0 Å². The number of nitrogens with two attached hydrogens (primary N) is 1. The molecule has 0 radical (unpaired) electrons. The Labute approximate surface area is 97.6 Å². The topological polar surface area (TPSA) is 39.2 Å². The summed E-state index contributed by atoms with van der Waals surface area (Å²) in [5.41, 5.74) is 6.00. The highest BCUT2D eigenvalue weighted by molar-refractivity contribution is 7.98. The summed E-state index contributed by atoms with van der Waals surface area (Å²) in [4.78, 5) is 0.812. The summed E-state index contributed by atoms with van der Waals surface area (Å²) in [7, 11) is 0. The fourth-order valence-electron chi connectivity index (χ4n) is 1.38. The van der Waals surface area contributed by atoms with Gasteiger partial charge in [0.05, 0.1) is 5.75 Å². The molecule has 0 aliphatic heterocycles. The highest BCUT2D eigenvalue weighted by Gasteiger charge is 2.02. The second kappa shape index (κ2) is 4.61. The number of anilines is 1. The number of aryl methyl sites for hydroxylation is 1. The number of halogens is 1. The van der Waals surface area contributed by atoms with Gasteiger partial charge in [0.2, 0.25) is 0 Å². The van der Waals surface area contributed by atoms with E-state index in [2.05, 4.69) is 0 Å². The van der Waals surface area contributed by atoms with Gasteiger partial charge >= 0.3 is 0 Å². The number of hydrogen-bond donors (Lipinski definition) is 1. The summed E-state index contributed by atoms with van der Waals surface area (Å²) >= 11 is 1.50. The first kappa shape index (κ1) is 11.1. The predicted molar refractivity (Wildman–Crippen MR) is 63.8 cm³/mol. The molecule has 1 aromatic heterocycles. The van der Waals surface area contributed by atoms with Gasteiger partial charge in [-0.25, -0.2) is 4.39 Å². The molecule has 2 N–H and O–H groups in total. The minimum Gasteiger partial charge on any atom is -0.465 e. The van der Waals surface area contributed by atoms with Crippen LogP contribution in [0.4, 0.5) is 10.1 Å². The minimum atomic E-state index is -0.307. The van der Waals surface area contributed by atoms with Crippen molar-refractivity contribution in [1.29, 1.82) is 0 Å². The smallest absolute Gasteiger partial charge is 0.126 e. The largest absolute Gasteiger partial charge is 0.465 e. The van der Waals surface area contributed by atoms with Crippen molar-refractivity contribution in [1.82, 2.24) is 0 Å². The van der Waals surface area contributed by atoms with Crippen LogP contribution in [-0.2, 0) is 5.75 Å². The molecule has 2 nitrogen and oxygen atoms in total. The molecule has 0 saturated heterocycles. The van der Waals surface area contributed by atoms with Crippen molar-refractivity contribution in [3.8, 4) is 0 Å². The Morgan fingerprint density at radius 1 is 1.31 bits per heavy atom. The van der Waals surface area contributed by atoms with E-state index in [0.29, 0.717) is 11.4 Å². The molecule has 0 aliphatic carbocycles. The van der Waals surface area contributed by atoms with E-state index in [1.165, 1.54) is 23.9 Å². The molecular weight excluding hydrogens is 225 g/mol. The fourth-order valence-corrected chi connectivity index (χ4v) is 2.26. The first-order valence-electron chi connectivity index (χ1n) is 4.87. The summed E-state index contributed by atoms with van der Waals surface area (Å²) in [5.74, 6) is 2.13. The summed E-state index contributed by atoms with van der Waals surface area (Å²) in [6.07, 6.45) is 0. The Balaban J connectivity index is 2.04. The van der Waals surface area contributed by atoms with Crippen LogP contribution >= 0.6 is 11.8 Å². The Morgan fingerprint density at radius 2 is 2.12 bits per heavy atom. The monoisotopic (exact) mass is 237 g/mol. The van der Waals surface area contributed by atoms with Crippen LogP contribution in [0.25, 0.3) is 0 Å². The second-order valence-corrected chi connectivity index (χ2v) is 4.57. The molecule has 4 heteroatoms. The normalized spacial score (nSPS) is 10.6.